The molecule has 0 N–H and O–H groups in total. The molecule has 0 aromatic heterocycles. The molecule has 1 aliphatic carbocycles. The molecular weight excluding hydrogens is 522 g/mol. The van der Waals surface area contributed by atoms with Crippen molar-refractivity contribution in [1.29, 1.82) is 0 Å². The van der Waals surface area contributed by atoms with E-state index in [1.807, 2.05) is 30.3 Å². The Morgan fingerprint density at radius 3 is 1.95 bits per heavy atom. The molecule has 2 aromatic carbocycles. The van der Waals surface area contributed by atoms with Crippen LogP contribution in [0.4, 0.5) is 26.3 Å². The molecule has 0 unspecified atom stereocenters. The Morgan fingerprint density at radius 1 is 0.795 bits per heavy atom. The number of Topliss-reactive ketones (excluding diaryl/α,β-unsaturated/α-hetero) is 1. The molecule has 5 rings (SSSR count). The van der Waals surface area contributed by atoms with E-state index >= 15 is 0 Å². The van der Waals surface area contributed by atoms with Crippen LogP contribution in [0.15, 0.2) is 48.5 Å². The quantitative estimate of drug-likeness (QED) is 0.278. The van der Waals surface area contributed by atoms with Crippen LogP contribution < -0.4 is 0 Å². The predicted molar refractivity (Wildman–Crippen MR) is 133 cm³/mol. The molecule has 2 aliphatic heterocycles. The standard InChI is InChI=1S/C29H32F6N2O2/c30-28(31,32)22-14-21(15-23(16-22)29(33,34)35)27(38)25-10-13-37(17-26(25)20-4-2-1-3-5-20)36-11-8-24(9-12-36)39-18-19-6-7-19/h1-5,14-16,19,24-26H,6-13,17-18H2/t25-,26-/m1/s1. The Hall–Kier alpha value is -2.43. The van der Waals surface area contributed by atoms with E-state index in [1.165, 1.54) is 12.8 Å². The lowest BCUT2D eigenvalue weighted by atomic mass is 9.76. The van der Waals surface area contributed by atoms with Gasteiger partial charge in [-0.15, -0.1) is 0 Å². The van der Waals surface area contributed by atoms with Crippen LogP contribution in [0.2, 0.25) is 0 Å². The summed E-state index contributed by atoms with van der Waals surface area (Å²) in [5.74, 6) is -1.10. The van der Waals surface area contributed by atoms with Gasteiger partial charge in [-0.25, -0.2) is 10.0 Å². The number of ether oxygens (including phenoxy) is 1. The number of halogens is 6. The van der Waals surface area contributed by atoms with Gasteiger partial charge in [0.05, 0.1) is 17.2 Å². The van der Waals surface area contributed by atoms with Crippen LogP contribution in [0.5, 0.6) is 0 Å². The third kappa shape index (κ3) is 6.84. The molecule has 3 aliphatic rings. The summed E-state index contributed by atoms with van der Waals surface area (Å²) in [7, 11) is 0. The summed E-state index contributed by atoms with van der Waals surface area (Å²) >= 11 is 0. The highest BCUT2D eigenvalue weighted by molar-refractivity contribution is 5.99. The molecular formula is C29H32F6N2O2. The predicted octanol–water partition coefficient (Wildman–Crippen LogP) is 6.82. The molecule has 2 aromatic rings. The van der Waals surface area contributed by atoms with Gasteiger partial charge in [-0.1, -0.05) is 30.3 Å². The molecule has 0 spiro atoms. The number of carbonyl (C=O) groups excluding carboxylic acids is 1. The van der Waals surface area contributed by atoms with Crippen LogP contribution >= 0.6 is 0 Å². The van der Waals surface area contributed by atoms with E-state index in [1.54, 1.807) is 0 Å². The van der Waals surface area contributed by atoms with Crippen molar-refractivity contribution in [3.8, 4) is 0 Å². The number of carbonyl (C=O) groups is 1. The van der Waals surface area contributed by atoms with Gasteiger partial charge in [0.15, 0.2) is 5.78 Å². The van der Waals surface area contributed by atoms with Crippen molar-refractivity contribution >= 4 is 5.78 Å². The van der Waals surface area contributed by atoms with Gasteiger partial charge in [-0.2, -0.15) is 26.3 Å². The van der Waals surface area contributed by atoms with Gasteiger partial charge in [0.1, 0.15) is 0 Å². The molecule has 0 bridgehead atoms. The number of hydrogen-bond acceptors (Lipinski definition) is 4. The zero-order valence-corrected chi connectivity index (χ0v) is 21.5. The fourth-order valence-electron chi connectivity index (χ4n) is 5.70. The van der Waals surface area contributed by atoms with E-state index in [-0.39, 0.29) is 18.1 Å². The van der Waals surface area contributed by atoms with Crippen molar-refractivity contribution in [2.45, 2.75) is 56.5 Å². The van der Waals surface area contributed by atoms with E-state index in [2.05, 4.69) is 10.0 Å². The van der Waals surface area contributed by atoms with Gasteiger partial charge in [0, 0.05) is 50.2 Å². The maximum Gasteiger partial charge on any atom is 0.416 e. The molecule has 212 valence electrons. The largest absolute Gasteiger partial charge is 0.416 e. The number of alkyl halides is 6. The molecule has 10 heteroatoms. The zero-order chi connectivity index (χ0) is 27.8. The third-order valence-electron chi connectivity index (χ3n) is 8.11. The topological polar surface area (TPSA) is 32.8 Å². The Balaban J connectivity index is 1.35. The summed E-state index contributed by atoms with van der Waals surface area (Å²) in [6, 6.07) is 10.4. The SMILES string of the molecule is O=C(c1cc(C(F)(F)F)cc(C(F)(F)F)c1)[C@@H]1CCN(N2CCC(OCC3CC3)CC2)C[C@@H]1c1ccccc1. The highest BCUT2D eigenvalue weighted by Crippen LogP contribution is 2.40. The van der Waals surface area contributed by atoms with Crippen molar-refractivity contribution in [3.05, 3.63) is 70.8 Å². The molecule has 2 atom stereocenters. The summed E-state index contributed by atoms with van der Waals surface area (Å²) in [5, 5.41) is 4.44. The maximum absolute atomic E-state index is 13.6. The summed E-state index contributed by atoms with van der Waals surface area (Å²) < 4.78 is 86.8. The molecule has 3 fully saturated rings. The van der Waals surface area contributed by atoms with Crippen LogP contribution in [-0.2, 0) is 17.1 Å². The Labute approximate surface area is 223 Å². The van der Waals surface area contributed by atoms with E-state index in [0.29, 0.717) is 37.6 Å². The number of hydrogen-bond donors (Lipinski definition) is 0. The highest BCUT2D eigenvalue weighted by atomic mass is 19.4. The minimum Gasteiger partial charge on any atom is -0.378 e. The second kappa shape index (κ2) is 11.2. The smallest absolute Gasteiger partial charge is 0.378 e. The van der Waals surface area contributed by atoms with Gasteiger partial charge in [-0.3, -0.25) is 4.79 Å². The van der Waals surface area contributed by atoms with Gasteiger partial charge in [-0.05, 0) is 61.8 Å². The monoisotopic (exact) mass is 554 g/mol. The summed E-state index contributed by atoms with van der Waals surface area (Å²) in [4.78, 5) is 13.6. The van der Waals surface area contributed by atoms with Crippen molar-refractivity contribution < 1.29 is 35.9 Å². The lowest BCUT2D eigenvalue weighted by Crippen LogP contribution is -2.53. The lowest BCUT2D eigenvalue weighted by molar-refractivity contribution is -0.143. The first-order chi connectivity index (χ1) is 18.5. The lowest BCUT2D eigenvalue weighted by Gasteiger charge is -2.46. The number of hydrazine groups is 1. The first-order valence-electron chi connectivity index (χ1n) is 13.5. The number of benzene rings is 2. The second-order valence-corrected chi connectivity index (χ2v) is 10.9. The summed E-state index contributed by atoms with van der Waals surface area (Å²) in [6.07, 6.45) is -5.18. The van der Waals surface area contributed by atoms with Crippen LogP contribution in [0, 0.1) is 11.8 Å². The van der Waals surface area contributed by atoms with E-state index in [9.17, 15) is 31.1 Å². The van der Waals surface area contributed by atoms with Crippen LogP contribution in [0.1, 0.15) is 65.1 Å². The molecule has 0 radical (unpaired) electrons. The molecule has 39 heavy (non-hydrogen) atoms. The van der Waals surface area contributed by atoms with Crippen molar-refractivity contribution in [1.82, 2.24) is 10.0 Å². The third-order valence-corrected chi connectivity index (χ3v) is 8.11. The number of piperidine rings is 2. The fourth-order valence-corrected chi connectivity index (χ4v) is 5.70. The molecule has 2 heterocycles. The fraction of sp³-hybridized carbons (Fsp3) is 0.552. The molecule has 0 amide bonds. The zero-order valence-electron chi connectivity index (χ0n) is 21.5. The van der Waals surface area contributed by atoms with Crippen LogP contribution in [0.3, 0.4) is 0 Å². The van der Waals surface area contributed by atoms with Crippen molar-refractivity contribution in [3.63, 3.8) is 0 Å². The average Bonchev–Trinajstić information content (AvgIpc) is 3.75. The van der Waals surface area contributed by atoms with Gasteiger partial charge >= 0.3 is 12.4 Å². The minimum atomic E-state index is -5.01. The van der Waals surface area contributed by atoms with Crippen LogP contribution in [0.25, 0.3) is 0 Å². The number of ketones is 1. The first-order valence-corrected chi connectivity index (χ1v) is 13.5. The highest BCUT2D eigenvalue weighted by Gasteiger charge is 2.41. The van der Waals surface area contributed by atoms with Gasteiger partial charge < -0.3 is 4.74 Å². The Kier molecular flexibility index (Phi) is 8.08. The van der Waals surface area contributed by atoms with Crippen molar-refractivity contribution in [2.75, 3.05) is 32.8 Å². The maximum atomic E-state index is 13.6. The Morgan fingerprint density at radius 2 is 1.38 bits per heavy atom. The minimum absolute atomic E-state index is 0.0616. The second-order valence-electron chi connectivity index (χ2n) is 10.9. The van der Waals surface area contributed by atoms with Crippen LogP contribution in [-0.4, -0.2) is 54.7 Å². The summed E-state index contributed by atoms with van der Waals surface area (Å²) in [5.41, 5.74) is -2.65. The van der Waals surface area contributed by atoms with E-state index in [0.717, 1.165) is 38.1 Å². The number of nitrogens with zero attached hydrogens (tertiary/aromatic N) is 2. The number of rotatable bonds is 7. The van der Waals surface area contributed by atoms with Gasteiger partial charge in [0.2, 0.25) is 0 Å². The van der Waals surface area contributed by atoms with E-state index in [4.69, 9.17) is 4.74 Å². The Bertz CT molecular complexity index is 1110. The molecule has 2 saturated heterocycles. The summed E-state index contributed by atoms with van der Waals surface area (Å²) in [6.45, 7) is 3.38. The van der Waals surface area contributed by atoms with E-state index < -0.39 is 40.7 Å². The van der Waals surface area contributed by atoms with Crippen molar-refractivity contribution in [2.24, 2.45) is 11.8 Å². The first kappa shape index (κ1) is 28.1. The normalized spacial score (nSPS) is 24.2. The van der Waals surface area contributed by atoms with Gasteiger partial charge in [0.25, 0.3) is 0 Å². The average molecular weight is 555 g/mol. The molecule has 4 nitrogen and oxygen atoms in total. The molecule has 1 saturated carbocycles.